The van der Waals surface area contributed by atoms with E-state index >= 15 is 0 Å². The number of fused-ring (bicyclic) bond motifs is 1. The zero-order valence-electron chi connectivity index (χ0n) is 17.4. The second kappa shape index (κ2) is 8.75. The van der Waals surface area contributed by atoms with Crippen LogP contribution in [0.5, 0.6) is 5.75 Å². The minimum atomic E-state index is -0.646. The first-order chi connectivity index (χ1) is 14.5. The molecule has 0 spiro atoms. The number of rotatable bonds is 4. The summed E-state index contributed by atoms with van der Waals surface area (Å²) in [6.45, 7) is 6.67. The maximum absolute atomic E-state index is 13.0. The van der Waals surface area contributed by atoms with E-state index in [1.165, 1.54) is 0 Å². The predicted octanol–water partition coefficient (Wildman–Crippen LogP) is 2.37. The molecule has 2 aliphatic rings. The summed E-state index contributed by atoms with van der Waals surface area (Å²) < 4.78 is 11.3. The van der Waals surface area contributed by atoms with Crippen molar-refractivity contribution in [1.82, 2.24) is 4.90 Å². The molecule has 0 saturated carbocycles. The SMILES string of the molecule is Cc1cc(C)cc(NC(=O)CN2CC(C(=O)N3CCOCC3)Oc3ccccc32)c1. The zero-order valence-corrected chi connectivity index (χ0v) is 17.4. The molecule has 4 rings (SSSR count). The number of nitrogens with zero attached hydrogens (tertiary/aromatic N) is 2. The fourth-order valence-electron chi connectivity index (χ4n) is 3.99. The van der Waals surface area contributed by atoms with Crippen LogP contribution in [0.2, 0.25) is 0 Å². The van der Waals surface area contributed by atoms with E-state index in [0.717, 1.165) is 22.5 Å². The number of nitrogens with one attached hydrogen (secondary N) is 1. The summed E-state index contributed by atoms with van der Waals surface area (Å²) >= 11 is 0. The van der Waals surface area contributed by atoms with Crippen molar-refractivity contribution in [1.29, 1.82) is 0 Å². The molecule has 1 atom stereocenters. The van der Waals surface area contributed by atoms with Crippen LogP contribution in [0.3, 0.4) is 0 Å². The van der Waals surface area contributed by atoms with Crippen molar-refractivity contribution < 1.29 is 19.1 Å². The molecule has 7 heteroatoms. The van der Waals surface area contributed by atoms with Crippen LogP contribution in [-0.2, 0) is 14.3 Å². The van der Waals surface area contributed by atoms with Crippen LogP contribution in [0.25, 0.3) is 0 Å². The molecular formula is C23H27N3O4. The molecule has 1 N–H and O–H groups in total. The van der Waals surface area contributed by atoms with E-state index in [1.54, 1.807) is 4.90 Å². The maximum Gasteiger partial charge on any atom is 0.265 e. The van der Waals surface area contributed by atoms with Gasteiger partial charge in [0.15, 0.2) is 6.10 Å². The van der Waals surface area contributed by atoms with Crippen molar-refractivity contribution in [3.63, 3.8) is 0 Å². The third kappa shape index (κ3) is 4.57. The predicted molar refractivity (Wildman–Crippen MR) is 115 cm³/mol. The Bertz CT molecular complexity index is 920. The van der Waals surface area contributed by atoms with E-state index in [2.05, 4.69) is 11.4 Å². The minimum absolute atomic E-state index is 0.0625. The molecule has 2 aliphatic heterocycles. The highest BCUT2D eigenvalue weighted by Crippen LogP contribution is 2.33. The summed E-state index contributed by atoms with van der Waals surface area (Å²) in [5.41, 5.74) is 3.79. The number of hydrogen-bond donors (Lipinski definition) is 1. The van der Waals surface area contributed by atoms with E-state index in [-0.39, 0.29) is 18.4 Å². The number of aryl methyl sites for hydroxylation is 2. The molecule has 7 nitrogen and oxygen atoms in total. The second-order valence-corrected chi connectivity index (χ2v) is 7.82. The molecule has 0 aliphatic carbocycles. The van der Waals surface area contributed by atoms with E-state index < -0.39 is 6.10 Å². The van der Waals surface area contributed by atoms with Crippen LogP contribution in [0.4, 0.5) is 11.4 Å². The van der Waals surface area contributed by atoms with Crippen LogP contribution in [0.1, 0.15) is 11.1 Å². The van der Waals surface area contributed by atoms with Gasteiger partial charge in [-0.1, -0.05) is 18.2 Å². The quantitative estimate of drug-likeness (QED) is 0.840. The Morgan fingerprint density at radius 2 is 1.77 bits per heavy atom. The standard InChI is InChI=1S/C23H27N3O4/c1-16-11-17(2)13-18(12-16)24-22(27)15-26-14-21(23(28)25-7-9-29-10-8-25)30-20-6-4-3-5-19(20)26/h3-6,11-13,21H,7-10,14-15H2,1-2H3,(H,24,27). The molecule has 2 aromatic carbocycles. The Morgan fingerprint density at radius 1 is 1.07 bits per heavy atom. The van der Waals surface area contributed by atoms with Crippen molar-refractivity contribution in [3.8, 4) is 5.75 Å². The molecule has 0 bridgehead atoms. The molecular weight excluding hydrogens is 382 g/mol. The van der Waals surface area contributed by atoms with Crippen LogP contribution in [0, 0.1) is 13.8 Å². The van der Waals surface area contributed by atoms with Gasteiger partial charge in [0.25, 0.3) is 5.91 Å². The fraction of sp³-hybridized carbons (Fsp3) is 0.391. The summed E-state index contributed by atoms with van der Waals surface area (Å²) in [5, 5.41) is 2.98. The number of carbonyl (C=O) groups is 2. The average Bonchev–Trinajstić information content (AvgIpc) is 2.73. The number of morpholine rings is 1. The molecule has 2 amide bonds. The molecule has 158 valence electrons. The van der Waals surface area contributed by atoms with Crippen molar-refractivity contribution in [2.75, 3.05) is 49.6 Å². The van der Waals surface area contributed by atoms with Gasteiger partial charge in [0.2, 0.25) is 5.91 Å². The highest BCUT2D eigenvalue weighted by atomic mass is 16.5. The topological polar surface area (TPSA) is 71.1 Å². The maximum atomic E-state index is 13.0. The van der Waals surface area contributed by atoms with Crippen molar-refractivity contribution in [2.45, 2.75) is 20.0 Å². The number of benzene rings is 2. The van der Waals surface area contributed by atoms with Gasteiger partial charge in [-0.05, 0) is 49.2 Å². The monoisotopic (exact) mass is 409 g/mol. The molecule has 1 fully saturated rings. The molecule has 2 aromatic rings. The van der Waals surface area contributed by atoms with Crippen LogP contribution >= 0.6 is 0 Å². The van der Waals surface area contributed by atoms with Gasteiger partial charge >= 0.3 is 0 Å². The Morgan fingerprint density at radius 3 is 2.50 bits per heavy atom. The summed E-state index contributed by atoms with van der Waals surface area (Å²) in [6, 6.07) is 13.5. The van der Waals surface area contributed by atoms with E-state index in [4.69, 9.17) is 9.47 Å². The van der Waals surface area contributed by atoms with Gasteiger partial charge in [0.05, 0.1) is 32.0 Å². The first-order valence-electron chi connectivity index (χ1n) is 10.2. The third-order valence-corrected chi connectivity index (χ3v) is 5.30. The molecule has 1 saturated heterocycles. The van der Waals surface area contributed by atoms with Crippen molar-refractivity contribution in [3.05, 3.63) is 53.6 Å². The lowest BCUT2D eigenvalue weighted by atomic mass is 10.1. The van der Waals surface area contributed by atoms with Gasteiger partial charge in [0.1, 0.15) is 5.75 Å². The summed E-state index contributed by atoms with van der Waals surface area (Å²) in [5.74, 6) is 0.427. The lowest BCUT2D eigenvalue weighted by Crippen LogP contribution is -2.53. The van der Waals surface area contributed by atoms with Crippen molar-refractivity contribution >= 4 is 23.2 Å². The number of carbonyl (C=O) groups excluding carboxylic acids is 2. The van der Waals surface area contributed by atoms with Gasteiger partial charge in [-0.3, -0.25) is 9.59 Å². The first kappa shape index (κ1) is 20.2. The normalized spacial score (nSPS) is 18.4. The molecule has 0 radical (unpaired) electrons. The number of ether oxygens (including phenoxy) is 2. The zero-order chi connectivity index (χ0) is 21.1. The smallest absolute Gasteiger partial charge is 0.265 e. The van der Waals surface area contributed by atoms with Gasteiger partial charge in [0, 0.05) is 18.8 Å². The lowest BCUT2D eigenvalue weighted by Gasteiger charge is -2.38. The van der Waals surface area contributed by atoms with Gasteiger partial charge < -0.3 is 24.6 Å². The number of anilines is 2. The highest BCUT2D eigenvalue weighted by Gasteiger charge is 2.34. The number of para-hydroxylation sites is 2. The van der Waals surface area contributed by atoms with Gasteiger partial charge in [-0.2, -0.15) is 0 Å². The number of hydrogen-bond acceptors (Lipinski definition) is 5. The van der Waals surface area contributed by atoms with Gasteiger partial charge in [-0.15, -0.1) is 0 Å². The van der Waals surface area contributed by atoms with Crippen LogP contribution in [-0.4, -0.2) is 62.2 Å². The Labute approximate surface area is 176 Å². The van der Waals surface area contributed by atoms with Gasteiger partial charge in [-0.25, -0.2) is 0 Å². The molecule has 30 heavy (non-hydrogen) atoms. The van der Waals surface area contributed by atoms with Crippen LogP contribution < -0.4 is 15.0 Å². The third-order valence-electron chi connectivity index (χ3n) is 5.30. The summed E-state index contributed by atoms with van der Waals surface area (Å²) in [7, 11) is 0. The van der Waals surface area contributed by atoms with E-state index in [1.807, 2.05) is 55.1 Å². The Kier molecular flexibility index (Phi) is 5.90. The molecule has 0 aromatic heterocycles. The summed E-state index contributed by atoms with van der Waals surface area (Å²) in [4.78, 5) is 29.5. The fourth-order valence-corrected chi connectivity index (χ4v) is 3.99. The minimum Gasteiger partial charge on any atom is -0.477 e. The Hall–Kier alpha value is -3.06. The molecule has 1 unspecified atom stereocenters. The first-order valence-corrected chi connectivity index (χ1v) is 10.2. The largest absolute Gasteiger partial charge is 0.477 e. The Balaban J connectivity index is 1.49. The van der Waals surface area contributed by atoms with E-state index in [0.29, 0.717) is 38.6 Å². The lowest BCUT2D eigenvalue weighted by molar-refractivity contribution is -0.142. The van der Waals surface area contributed by atoms with Crippen molar-refractivity contribution in [2.24, 2.45) is 0 Å². The summed E-state index contributed by atoms with van der Waals surface area (Å²) in [6.07, 6.45) is -0.646. The number of amides is 2. The van der Waals surface area contributed by atoms with E-state index in [9.17, 15) is 9.59 Å². The second-order valence-electron chi connectivity index (χ2n) is 7.82. The van der Waals surface area contributed by atoms with Crippen LogP contribution in [0.15, 0.2) is 42.5 Å². The molecule has 2 heterocycles. The highest BCUT2D eigenvalue weighted by molar-refractivity contribution is 5.95. The average molecular weight is 409 g/mol.